The van der Waals surface area contributed by atoms with E-state index in [-0.39, 0.29) is 5.82 Å². The lowest BCUT2D eigenvalue weighted by Gasteiger charge is -2.01. The van der Waals surface area contributed by atoms with E-state index >= 15 is 0 Å². The van der Waals surface area contributed by atoms with Crippen LogP contribution >= 0.6 is 0 Å². The minimum Gasteiger partial charge on any atom is -0.475 e. The smallest absolute Gasteiger partial charge is 0.375 e. The highest BCUT2D eigenvalue weighted by Gasteiger charge is 2.10. The number of hydrogen-bond acceptors (Lipinski definition) is 4. The van der Waals surface area contributed by atoms with Crippen LogP contribution in [0.3, 0.4) is 0 Å². The Balaban J connectivity index is 2.14. The summed E-state index contributed by atoms with van der Waals surface area (Å²) in [5.74, 6) is -1.49. The van der Waals surface area contributed by atoms with Crippen LogP contribution < -0.4 is 0 Å². The Hall–Kier alpha value is -2.76. The maximum atomic E-state index is 10.6. The molecule has 0 saturated carbocycles. The van der Waals surface area contributed by atoms with Gasteiger partial charge in [-0.3, -0.25) is 0 Å². The second-order valence-corrected chi connectivity index (χ2v) is 3.72. The Bertz CT molecular complexity index is 718. The Kier molecular flexibility index (Phi) is 2.26. The van der Waals surface area contributed by atoms with Crippen molar-refractivity contribution in [2.24, 2.45) is 0 Å². The zero-order chi connectivity index (χ0) is 12.5. The van der Waals surface area contributed by atoms with Gasteiger partial charge >= 0.3 is 5.97 Å². The van der Waals surface area contributed by atoms with Gasteiger partial charge in [-0.25, -0.2) is 9.78 Å². The van der Waals surface area contributed by atoms with Gasteiger partial charge in [-0.2, -0.15) is 0 Å². The van der Waals surface area contributed by atoms with Gasteiger partial charge in [0.15, 0.2) is 0 Å². The molecule has 3 aromatic rings. The van der Waals surface area contributed by atoms with E-state index in [1.807, 2.05) is 30.5 Å². The number of carboxylic acid groups (broad SMARTS) is 1. The van der Waals surface area contributed by atoms with Crippen LogP contribution in [0.25, 0.3) is 22.2 Å². The average Bonchev–Trinajstić information content (AvgIpc) is 2.87. The number of H-pyrrole nitrogens is 1. The number of nitrogens with zero attached hydrogens (tertiary/aromatic N) is 3. The third-order valence-corrected chi connectivity index (χ3v) is 2.62. The zero-order valence-electron chi connectivity index (χ0n) is 9.16. The van der Waals surface area contributed by atoms with Gasteiger partial charge < -0.3 is 10.1 Å². The van der Waals surface area contributed by atoms with Crippen LogP contribution in [0, 0.1) is 0 Å². The Morgan fingerprint density at radius 2 is 2.11 bits per heavy atom. The second-order valence-electron chi connectivity index (χ2n) is 3.72. The predicted octanol–water partition coefficient (Wildman–Crippen LogP) is 1.72. The highest BCUT2D eigenvalue weighted by atomic mass is 16.4. The van der Waals surface area contributed by atoms with Crippen molar-refractivity contribution in [2.75, 3.05) is 0 Å². The molecular weight excluding hydrogens is 232 g/mol. The second kappa shape index (κ2) is 3.92. The fourth-order valence-corrected chi connectivity index (χ4v) is 1.81. The van der Waals surface area contributed by atoms with E-state index in [1.54, 1.807) is 0 Å². The van der Waals surface area contributed by atoms with Crippen molar-refractivity contribution in [2.45, 2.75) is 0 Å². The summed E-state index contributed by atoms with van der Waals surface area (Å²) >= 11 is 0. The summed E-state index contributed by atoms with van der Waals surface area (Å²) in [6.45, 7) is 0. The molecule has 6 nitrogen and oxygen atoms in total. The number of nitrogens with one attached hydrogen (secondary N) is 1. The first kappa shape index (κ1) is 10.4. The average molecular weight is 240 g/mol. The van der Waals surface area contributed by atoms with Crippen LogP contribution in [0.4, 0.5) is 0 Å². The van der Waals surface area contributed by atoms with Gasteiger partial charge in [-0.05, 0) is 12.1 Å². The summed E-state index contributed by atoms with van der Waals surface area (Å²) in [6.07, 6.45) is 3.25. The lowest BCUT2D eigenvalue weighted by atomic mass is 10.1. The number of carbonyl (C=O) groups is 1. The molecule has 0 bridgehead atoms. The first-order chi connectivity index (χ1) is 8.75. The Morgan fingerprint density at radius 3 is 2.83 bits per heavy atom. The Labute approximate surface area is 101 Å². The molecule has 0 unspecified atom stereocenters. The summed E-state index contributed by atoms with van der Waals surface area (Å²) in [5.41, 5.74) is 2.40. The van der Waals surface area contributed by atoms with Crippen LogP contribution in [0.15, 0.2) is 36.7 Å². The molecule has 0 fully saturated rings. The maximum absolute atomic E-state index is 10.6. The molecule has 0 saturated heterocycles. The number of aromatic nitrogens is 4. The molecule has 0 aliphatic heterocycles. The van der Waals surface area contributed by atoms with Gasteiger partial charge in [0.25, 0.3) is 5.82 Å². The first-order valence-electron chi connectivity index (χ1n) is 5.25. The normalized spacial score (nSPS) is 10.7. The molecule has 0 aliphatic carbocycles. The molecule has 3 rings (SSSR count). The van der Waals surface area contributed by atoms with Gasteiger partial charge in [0.05, 0.1) is 6.20 Å². The highest BCUT2D eigenvalue weighted by molar-refractivity contribution is 5.94. The molecule has 0 spiro atoms. The van der Waals surface area contributed by atoms with Crippen LogP contribution in [0.1, 0.15) is 10.6 Å². The van der Waals surface area contributed by atoms with Gasteiger partial charge in [-0.1, -0.05) is 12.1 Å². The van der Waals surface area contributed by atoms with Crippen LogP contribution in [0.5, 0.6) is 0 Å². The minimum atomic E-state index is -1.19. The number of rotatable bonds is 2. The van der Waals surface area contributed by atoms with E-state index in [1.165, 1.54) is 6.20 Å². The lowest BCUT2D eigenvalue weighted by Crippen LogP contribution is -2.05. The number of carboxylic acids is 1. The Morgan fingerprint density at radius 1 is 1.22 bits per heavy atom. The molecule has 0 atom stereocenters. The van der Waals surface area contributed by atoms with E-state index < -0.39 is 5.97 Å². The molecule has 2 heterocycles. The van der Waals surface area contributed by atoms with Gasteiger partial charge in [-0.15, -0.1) is 10.2 Å². The summed E-state index contributed by atoms with van der Waals surface area (Å²) in [4.78, 5) is 17.5. The fraction of sp³-hybridized carbons (Fsp3) is 0. The summed E-state index contributed by atoms with van der Waals surface area (Å²) in [6, 6.07) is 7.66. The van der Waals surface area contributed by atoms with Crippen molar-refractivity contribution in [3.63, 3.8) is 0 Å². The zero-order valence-corrected chi connectivity index (χ0v) is 9.16. The monoisotopic (exact) mass is 240 g/mol. The molecule has 0 amide bonds. The van der Waals surface area contributed by atoms with Crippen molar-refractivity contribution in [1.82, 2.24) is 20.2 Å². The SMILES string of the molecule is O=C(O)c1ncc(-c2cccc3[nH]ccc23)nn1. The number of fused-ring (bicyclic) bond motifs is 1. The van der Waals surface area contributed by atoms with Crippen molar-refractivity contribution >= 4 is 16.9 Å². The van der Waals surface area contributed by atoms with E-state index in [0.717, 1.165) is 16.5 Å². The van der Waals surface area contributed by atoms with E-state index in [4.69, 9.17) is 5.11 Å². The topological polar surface area (TPSA) is 91.8 Å². The van der Waals surface area contributed by atoms with Crippen molar-refractivity contribution in [1.29, 1.82) is 0 Å². The summed E-state index contributed by atoms with van der Waals surface area (Å²) < 4.78 is 0. The predicted molar refractivity (Wildman–Crippen MR) is 64.1 cm³/mol. The van der Waals surface area contributed by atoms with E-state index in [2.05, 4.69) is 20.2 Å². The lowest BCUT2D eigenvalue weighted by molar-refractivity contribution is 0.0682. The van der Waals surface area contributed by atoms with Gasteiger partial charge in [0.1, 0.15) is 5.69 Å². The standard InChI is InChI=1S/C12H8N4O2/c17-12(18)11-14-6-10(15-16-11)7-2-1-3-9-8(7)4-5-13-9/h1-6,13H,(H,17,18). The van der Waals surface area contributed by atoms with Gasteiger partial charge in [0, 0.05) is 22.7 Å². The maximum Gasteiger partial charge on any atom is 0.375 e. The summed E-state index contributed by atoms with van der Waals surface area (Å²) in [5, 5.41) is 17.2. The van der Waals surface area contributed by atoms with Crippen LogP contribution in [-0.2, 0) is 0 Å². The molecule has 1 aromatic carbocycles. The molecule has 88 valence electrons. The van der Waals surface area contributed by atoms with E-state index in [0.29, 0.717) is 5.69 Å². The van der Waals surface area contributed by atoms with Gasteiger partial charge in [0.2, 0.25) is 0 Å². The van der Waals surface area contributed by atoms with Crippen molar-refractivity contribution in [3.05, 3.63) is 42.5 Å². The molecule has 6 heteroatoms. The number of benzene rings is 1. The largest absolute Gasteiger partial charge is 0.475 e. The third-order valence-electron chi connectivity index (χ3n) is 2.62. The number of aromatic carboxylic acids is 1. The number of aromatic amines is 1. The quantitative estimate of drug-likeness (QED) is 0.711. The molecule has 0 aliphatic rings. The summed E-state index contributed by atoms with van der Waals surface area (Å²) in [7, 11) is 0. The molecular formula is C12H8N4O2. The van der Waals surface area contributed by atoms with Crippen molar-refractivity contribution in [3.8, 4) is 11.3 Å². The first-order valence-corrected chi connectivity index (χ1v) is 5.25. The fourth-order valence-electron chi connectivity index (χ4n) is 1.81. The molecule has 18 heavy (non-hydrogen) atoms. The molecule has 2 N–H and O–H groups in total. The van der Waals surface area contributed by atoms with Crippen LogP contribution in [0.2, 0.25) is 0 Å². The van der Waals surface area contributed by atoms with Crippen molar-refractivity contribution < 1.29 is 9.90 Å². The number of hydrogen-bond donors (Lipinski definition) is 2. The molecule has 0 radical (unpaired) electrons. The molecule has 2 aromatic heterocycles. The third kappa shape index (κ3) is 1.60. The van der Waals surface area contributed by atoms with E-state index in [9.17, 15) is 4.79 Å². The highest BCUT2D eigenvalue weighted by Crippen LogP contribution is 2.25. The minimum absolute atomic E-state index is 0.306. The van der Waals surface area contributed by atoms with Crippen LogP contribution in [-0.4, -0.2) is 31.2 Å².